The number of ether oxygens (including phenoxy) is 1. The molecule has 0 atom stereocenters. The monoisotopic (exact) mass is 197 g/mol. The van der Waals surface area contributed by atoms with E-state index < -0.39 is 0 Å². The summed E-state index contributed by atoms with van der Waals surface area (Å²) in [5, 5.41) is 3.04. The molecule has 0 aliphatic carbocycles. The molecule has 0 saturated heterocycles. The second kappa shape index (κ2) is 4.13. The second-order valence-corrected chi connectivity index (χ2v) is 3.25. The molecule has 1 N–H and O–H groups in total. The van der Waals surface area contributed by atoms with Crippen LogP contribution in [0.15, 0.2) is 16.3 Å². The van der Waals surface area contributed by atoms with Crippen molar-refractivity contribution in [2.75, 3.05) is 27.7 Å². The van der Waals surface area contributed by atoms with E-state index in [2.05, 4.69) is 15.0 Å². The number of esters is 1. The summed E-state index contributed by atoms with van der Waals surface area (Å²) in [5.74, 6) is 0.437. The molecule has 1 heterocycles. The number of carbonyl (C=O) groups excluding carboxylic acids is 1. The number of hydrogen-bond donors (Lipinski definition) is 1. The van der Waals surface area contributed by atoms with Crippen LogP contribution in [0.4, 0.5) is 0 Å². The van der Waals surface area contributed by atoms with E-state index in [0.29, 0.717) is 12.1 Å². The maximum Gasteiger partial charge on any atom is 0.337 e. The van der Waals surface area contributed by atoms with Crippen molar-refractivity contribution in [1.29, 1.82) is 0 Å². The first-order valence-electron chi connectivity index (χ1n) is 4.33. The van der Waals surface area contributed by atoms with E-state index in [1.807, 2.05) is 25.9 Å². The van der Waals surface area contributed by atoms with E-state index in [4.69, 9.17) is 0 Å². The Kier molecular flexibility index (Phi) is 3.11. The fourth-order valence-corrected chi connectivity index (χ4v) is 1.15. The number of aliphatic imine (C=N–C) groups is 1. The van der Waals surface area contributed by atoms with E-state index >= 15 is 0 Å². The van der Waals surface area contributed by atoms with Crippen molar-refractivity contribution in [3.8, 4) is 0 Å². The zero-order chi connectivity index (χ0) is 10.7. The Labute approximate surface area is 83.4 Å². The second-order valence-electron chi connectivity index (χ2n) is 3.25. The average Bonchev–Trinajstić information content (AvgIpc) is 2.16. The minimum absolute atomic E-state index is 0.323. The molecule has 14 heavy (non-hydrogen) atoms. The highest BCUT2D eigenvalue weighted by atomic mass is 16.5. The molecule has 0 amide bonds. The fourth-order valence-electron chi connectivity index (χ4n) is 1.15. The fraction of sp³-hybridized carbons (Fsp3) is 0.556. The van der Waals surface area contributed by atoms with E-state index in [-0.39, 0.29) is 5.97 Å². The zero-order valence-electron chi connectivity index (χ0n) is 8.92. The summed E-state index contributed by atoms with van der Waals surface area (Å²) in [4.78, 5) is 17.3. The number of nitrogens with one attached hydrogen (secondary N) is 1. The van der Waals surface area contributed by atoms with Gasteiger partial charge in [-0.15, -0.1) is 0 Å². The quantitative estimate of drug-likeness (QED) is 0.599. The highest BCUT2D eigenvalue weighted by Gasteiger charge is 2.18. The molecule has 78 valence electrons. The SMILES string of the molecule is COC(=O)C1=C(C)NC(N(C)C)=NC1. The third-order valence-corrected chi connectivity index (χ3v) is 1.99. The summed E-state index contributed by atoms with van der Waals surface area (Å²) in [6.07, 6.45) is 0. The van der Waals surface area contributed by atoms with Crippen LogP contribution in [-0.2, 0) is 9.53 Å². The van der Waals surface area contributed by atoms with E-state index in [9.17, 15) is 4.79 Å². The van der Waals surface area contributed by atoms with Crippen LogP contribution < -0.4 is 5.32 Å². The van der Waals surface area contributed by atoms with Crippen molar-refractivity contribution in [3.05, 3.63) is 11.3 Å². The predicted octanol–water partition coefficient (Wildman–Crippen LogP) is -0.0458. The highest BCUT2D eigenvalue weighted by molar-refractivity contribution is 5.93. The number of hydrogen-bond acceptors (Lipinski definition) is 5. The third kappa shape index (κ3) is 2.04. The highest BCUT2D eigenvalue weighted by Crippen LogP contribution is 2.09. The van der Waals surface area contributed by atoms with Crippen molar-refractivity contribution in [3.63, 3.8) is 0 Å². The lowest BCUT2D eigenvalue weighted by molar-refractivity contribution is -0.136. The molecule has 0 radical (unpaired) electrons. The first-order chi connectivity index (χ1) is 6.56. The van der Waals surface area contributed by atoms with Gasteiger partial charge in [-0.05, 0) is 6.92 Å². The molecule has 0 saturated carbocycles. The smallest absolute Gasteiger partial charge is 0.337 e. The van der Waals surface area contributed by atoms with Gasteiger partial charge >= 0.3 is 5.97 Å². The molecule has 0 aromatic heterocycles. The van der Waals surface area contributed by atoms with Crippen LogP contribution >= 0.6 is 0 Å². The topological polar surface area (TPSA) is 53.9 Å². The van der Waals surface area contributed by atoms with Gasteiger partial charge in [0.05, 0.1) is 19.2 Å². The Hall–Kier alpha value is -1.52. The molecule has 0 aromatic rings. The molecule has 0 unspecified atom stereocenters. The van der Waals surface area contributed by atoms with Crippen LogP contribution in [0.2, 0.25) is 0 Å². The summed E-state index contributed by atoms with van der Waals surface area (Å²) < 4.78 is 4.64. The van der Waals surface area contributed by atoms with Gasteiger partial charge in [-0.3, -0.25) is 0 Å². The minimum Gasteiger partial charge on any atom is -0.466 e. The molecule has 5 heteroatoms. The summed E-state index contributed by atoms with van der Waals surface area (Å²) in [7, 11) is 5.15. The van der Waals surface area contributed by atoms with Crippen molar-refractivity contribution >= 4 is 11.9 Å². The van der Waals surface area contributed by atoms with Crippen molar-refractivity contribution in [2.24, 2.45) is 4.99 Å². The van der Waals surface area contributed by atoms with Crippen LogP contribution in [0.5, 0.6) is 0 Å². The van der Waals surface area contributed by atoms with Gasteiger partial charge in [0.2, 0.25) is 0 Å². The lowest BCUT2D eigenvalue weighted by atomic mass is 10.2. The number of allylic oxidation sites excluding steroid dienone is 1. The van der Waals surface area contributed by atoms with Gasteiger partial charge in [-0.2, -0.15) is 0 Å². The van der Waals surface area contributed by atoms with Gasteiger partial charge in [0, 0.05) is 19.8 Å². The van der Waals surface area contributed by atoms with Gasteiger partial charge in [0.1, 0.15) is 0 Å². The van der Waals surface area contributed by atoms with Gasteiger partial charge in [0.15, 0.2) is 5.96 Å². The van der Waals surface area contributed by atoms with Crippen LogP contribution in [0, 0.1) is 0 Å². The lowest BCUT2D eigenvalue weighted by Gasteiger charge is -2.23. The zero-order valence-corrected chi connectivity index (χ0v) is 8.92. The summed E-state index contributed by atoms with van der Waals surface area (Å²) in [6.45, 7) is 2.21. The standard InChI is InChI=1S/C9H15N3O2/c1-6-7(8(13)14-4)5-10-9(11-6)12(2)3/h5H2,1-4H3,(H,10,11). The molecule has 1 aliphatic rings. The molecule has 5 nitrogen and oxygen atoms in total. The molecule has 0 bridgehead atoms. The maximum absolute atomic E-state index is 11.3. The Morgan fingerprint density at radius 2 is 2.21 bits per heavy atom. The number of rotatable bonds is 1. The van der Waals surface area contributed by atoms with Gasteiger partial charge in [0.25, 0.3) is 0 Å². The van der Waals surface area contributed by atoms with E-state index in [0.717, 1.165) is 11.7 Å². The molecule has 0 fully saturated rings. The van der Waals surface area contributed by atoms with Crippen LogP contribution in [0.1, 0.15) is 6.92 Å². The third-order valence-electron chi connectivity index (χ3n) is 1.99. The number of methoxy groups -OCH3 is 1. The van der Waals surface area contributed by atoms with Crippen molar-refractivity contribution < 1.29 is 9.53 Å². The normalized spacial score (nSPS) is 15.9. The summed E-state index contributed by atoms with van der Waals surface area (Å²) >= 11 is 0. The molecule has 1 rings (SSSR count). The van der Waals surface area contributed by atoms with E-state index in [1.54, 1.807) is 0 Å². The Morgan fingerprint density at radius 3 is 2.64 bits per heavy atom. The van der Waals surface area contributed by atoms with Crippen LogP contribution in [0.3, 0.4) is 0 Å². The van der Waals surface area contributed by atoms with Crippen LogP contribution in [-0.4, -0.2) is 44.6 Å². The Bertz CT molecular complexity index is 305. The maximum atomic E-state index is 11.3. The number of carbonyl (C=O) groups is 1. The van der Waals surface area contributed by atoms with Crippen molar-refractivity contribution in [2.45, 2.75) is 6.92 Å². The summed E-state index contributed by atoms with van der Waals surface area (Å²) in [6, 6.07) is 0. The number of guanidine groups is 1. The first kappa shape index (κ1) is 10.6. The van der Waals surface area contributed by atoms with Crippen LogP contribution in [0.25, 0.3) is 0 Å². The molecule has 1 aliphatic heterocycles. The predicted molar refractivity (Wildman–Crippen MR) is 53.8 cm³/mol. The van der Waals surface area contributed by atoms with Gasteiger partial charge in [-0.1, -0.05) is 0 Å². The Balaban J connectivity index is 2.77. The van der Waals surface area contributed by atoms with E-state index in [1.165, 1.54) is 7.11 Å². The summed E-state index contributed by atoms with van der Waals surface area (Å²) in [5.41, 5.74) is 1.38. The lowest BCUT2D eigenvalue weighted by Crippen LogP contribution is -2.39. The molecule has 0 spiro atoms. The van der Waals surface area contributed by atoms with Crippen molar-refractivity contribution in [1.82, 2.24) is 10.2 Å². The molecular weight excluding hydrogens is 182 g/mol. The van der Waals surface area contributed by atoms with Gasteiger partial charge in [-0.25, -0.2) is 9.79 Å². The van der Waals surface area contributed by atoms with Gasteiger partial charge < -0.3 is 15.0 Å². The molecule has 0 aromatic carbocycles. The minimum atomic E-state index is -0.323. The molecular formula is C9H15N3O2. The first-order valence-corrected chi connectivity index (χ1v) is 4.33. The largest absolute Gasteiger partial charge is 0.466 e. The average molecular weight is 197 g/mol. The number of nitrogens with zero attached hydrogens (tertiary/aromatic N) is 2. The Morgan fingerprint density at radius 1 is 1.57 bits per heavy atom.